The number of hydrogen-bond acceptors (Lipinski definition) is 4. The number of aromatic nitrogens is 1. The van der Waals surface area contributed by atoms with Crippen LogP contribution in [0.15, 0.2) is 36.5 Å². The van der Waals surface area contributed by atoms with E-state index in [-0.39, 0.29) is 5.75 Å². The van der Waals surface area contributed by atoms with E-state index in [0.717, 1.165) is 0 Å². The first-order valence-electron chi connectivity index (χ1n) is 5.96. The minimum atomic E-state index is -5.77. The fourth-order valence-electron chi connectivity index (χ4n) is 1.83. The zero-order valence-electron chi connectivity index (χ0n) is 11.6. The summed E-state index contributed by atoms with van der Waals surface area (Å²) in [5.41, 5.74) is -4.35. The molecule has 0 fully saturated rings. The molecule has 1 heterocycles. The van der Waals surface area contributed by atoms with Crippen LogP contribution < -0.4 is 8.92 Å². The maximum atomic E-state index is 12.4. The number of rotatable bonds is 4. The van der Waals surface area contributed by atoms with Crippen molar-refractivity contribution < 1.29 is 30.5 Å². The van der Waals surface area contributed by atoms with Gasteiger partial charge in [-0.15, -0.1) is 0 Å². The highest BCUT2D eigenvalue weighted by Crippen LogP contribution is 2.36. The van der Waals surface area contributed by atoms with Crippen LogP contribution in [0.1, 0.15) is 0 Å². The van der Waals surface area contributed by atoms with E-state index in [9.17, 15) is 21.6 Å². The van der Waals surface area contributed by atoms with Crippen LogP contribution in [-0.4, -0.2) is 25.6 Å². The van der Waals surface area contributed by atoms with Crippen molar-refractivity contribution in [1.82, 2.24) is 4.57 Å². The Kier molecular flexibility index (Phi) is 4.10. The lowest BCUT2D eigenvalue weighted by molar-refractivity contribution is -0.0500. The molecular formula is C13H12F3NO4S. The summed E-state index contributed by atoms with van der Waals surface area (Å²) < 4.78 is 70.3. The molecule has 120 valence electrons. The molecule has 1 aromatic carbocycles. The van der Waals surface area contributed by atoms with Gasteiger partial charge in [0.05, 0.1) is 7.11 Å². The van der Waals surface area contributed by atoms with Crippen molar-refractivity contribution in [2.24, 2.45) is 7.05 Å². The predicted molar refractivity (Wildman–Crippen MR) is 73.0 cm³/mol. The molecule has 0 spiro atoms. The maximum Gasteiger partial charge on any atom is 0.534 e. The standard InChI is InChI=1S/C13H12F3NO4S/c1-17-7-3-4-10(17)9-5-6-11(20-2)12(8-9)21-22(18,19)13(14,15)16/h3-8H,1-2H3. The highest BCUT2D eigenvalue weighted by molar-refractivity contribution is 7.88. The first kappa shape index (κ1) is 16.2. The number of hydrogen-bond donors (Lipinski definition) is 0. The third-order valence-electron chi connectivity index (χ3n) is 2.89. The molecule has 0 bridgehead atoms. The second-order valence-electron chi connectivity index (χ2n) is 4.35. The van der Waals surface area contributed by atoms with E-state index >= 15 is 0 Å². The number of benzene rings is 1. The summed E-state index contributed by atoms with van der Waals surface area (Å²) in [6, 6.07) is 7.57. The van der Waals surface area contributed by atoms with Gasteiger partial charge in [0, 0.05) is 24.5 Å². The topological polar surface area (TPSA) is 57.5 Å². The smallest absolute Gasteiger partial charge is 0.493 e. The van der Waals surface area contributed by atoms with Gasteiger partial charge in [0.25, 0.3) is 0 Å². The maximum absolute atomic E-state index is 12.4. The van der Waals surface area contributed by atoms with Crippen LogP contribution in [0.2, 0.25) is 0 Å². The van der Waals surface area contributed by atoms with Gasteiger partial charge in [-0.2, -0.15) is 21.6 Å². The van der Waals surface area contributed by atoms with E-state index < -0.39 is 21.4 Å². The molecule has 1 aromatic heterocycles. The molecule has 0 aliphatic carbocycles. The highest BCUT2D eigenvalue weighted by atomic mass is 32.2. The van der Waals surface area contributed by atoms with Crippen molar-refractivity contribution in [3.8, 4) is 22.8 Å². The Bertz CT molecular complexity index is 781. The third-order valence-corrected chi connectivity index (χ3v) is 3.85. The lowest BCUT2D eigenvalue weighted by Gasteiger charge is -2.13. The van der Waals surface area contributed by atoms with Gasteiger partial charge in [-0.3, -0.25) is 0 Å². The molecule has 2 aromatic rings. The molecule has 0 saturated carbocycles. The average molecular weight is 335 g/mol. The van der Waals surface area contributed by atoms with Crippen LogP contribution in [0, 0.1) is 0 Å². The zero-order chi connectivity index (χ0) is 16.5. The predicted octanol–water partition coefficient (Wildman–Crippen LogP) is 2.93. The van der Waals surface area contributed by atoms with Crippen molar-refractivity contribution in [3.63, 3.8) is 0 Å². The zero-order valence-corrected chi connectivity index (χ0v) is 12.4. The van der Waals surface area contributed by atoms with E-state index in [4.69, 9.17) is 4.74 Å². The Morgan fingerprint density at radius 3 is 2.32 bits per heavy atom. The third kappa shape index (κ3) is 3.03. The Labute approximate surface area is 125 Å². The summed E-state index contributed by atoms with van der Waals surface area (Å²) in [5.74, 6) is -0.649. The normalized spacial score (nSPS) is 12.2. The molecule has 0 aliphatic heterocycles. The number of alkyl halides is 3. The van der Waals surface area contributed by atoms with E-state index in [1.165, 1.54) is 19.2 Å². The Balaban J connectivity index is 2.49. The Morgan fingerprint density at radius 1 is 1.14 bits per heavy atom. The van der Waals surface area contributed by atoms with Crippen molar-refractivity contribution in [1.29, 1.82) is 0 Å². The number of halogens is 3. The summed E-state index contributed by atoms with van der Waals surface area (Å²) >= 11 is 0. The first-order chi connectivity index (χ1) is 10.2. The molecule has 9 heteroatoms. The van der Waals surface area contributed by atoms with E-state index in [2.05, 4.69) is 4.18 Å². The van der Waals surface area contributed by atoms with Crippen LogP contribution in [-0.2, 0) is 17.2 Å². The fourth-order valence-corrected chi connectivity index (χ4v) is 2.29. The Morgan fingerprint density at radius 2 is 1.82 bits per heavy atom. The molecule has 2 rings (SSSR count). The number of aryl methyl sites for hydroxylation is 1. The van der Waals surface area contributed by atoms with Crippen LogP contribution in [0.5, 0.6) is 11.5 Å². The van der Waals surface area contributed by atoms with Gasteiger partial charge in [-0.1, -0.05) is 0 Å². The van der Waals surface area contributed by atoms with Crippen LogP contribution in [0.4, 0.5) is 13.2 Å². The minimum absolute atomic E-state index is 0.120. The van der Waals surface area contributed by atoms with Crippen LogP contribution >= 0.6 is 0 Å². The second kappa shape index (κ2) is 5.56. The monoisotopic (exact) mass is 335 g/mol. The number of nitrogens with zero attached hydrogens (tertiary/aromatic N) is 1. The second-order valence-corrected chi connectivity index (χ2v) is 5.89. The summed E-state index contributed by atoms with van der Waals surface area (Å²) in [4.78, 5) is 0. The molecule has 5 nitrogen and oxygen atoms in total. The molecule has 0 atom stereocenters. The fraction of sp³-hybridized carbons (Fsp3) is 0.231. The molecule has 0 unspecified atom stereocenters. The molecule has 0 N–H and O–H groups in total. The molecule has 0 saturated heterocycles. The number of ether oxygens (including phenoxy) is 1. The lowest BCUT2D eigenvalue weighted by Crippen LogP contribution is -2.28. The summed E-state index contributed by atoms with van der Waals surface area (Å²) in [6.07, 6.45) is 1.74. The SMILES string of the molecule is COc1ccc(-c2cccn2C)cc1OS(=O)(=O)C(F)(F)F. The van der Waals surface area contributed by atoms with E-state index in [0.29, 0.717) is 11.3 Å². The summed E-state index contributed by atoms with van der Waals surface area (Å²) in [6.45, 7) is 0. The van der Waals surface area contributed by atoms with Gasteiger partial charge in [-0.05, 0) is 30.3 Å². The molecular weight excluding hydrogens is 323 g/mol. The first-order valence-corrected chi connectivity index (χ1v) is 7.37. The summed E-state index contributed by atoms with van der Waals surface area (Å²) in [7, 11) is -2.82. The van der Waals surface area contributed by atoms with Crippen molar-refractivity contribution >= 4 is 10.1 Å². The van der Waals surface area contributed by atoms with Crippen molar-refractivity contribution in [2.75, 3.05) is 7.11 Å². The van der Waals surface area contributed by atoms with Gasteiger partial charge >= 0.3 is 15.6 Å². The van der Waals surface area contributed by atoms with Gasteiger partial charge in [0.2, 0.25) is 0 Å². The van der Waals surface area contributed by atoms with Crippen LogP contribution in [0.3, 0.4) is 0 Å². The largest absolute Gasteiger partial charge is 0.534 e. The highest BCUT2D eigenvalue weighted by Gasteiger charge is 2.49. The lowest BCUT2D eigenvalue weighted by atomic mass is 10.1. The minimum Gasteiger partial charge on any atom is -0.493 e. The van der Waals surface area contributed by atoms with Gasteiger partial charge in [-0.25, -0.2) is 0 Å². The molecule has 0 aliphatic rings. The van der Waals surface area contributed by atoms with E-state index in [1.807, 2.05) is 0 Å². The quantitative estimate of drug-likeness (QED) is 0.637. The molecule has 22 heavy (non-hydrogen) atoms. The molecule has 0 amide bonds. The average Bonchev–Trinajstić information content (AvgIpc) is 2.83. The van der Waals surface area contributed by atoms with Gasteiger partial charge in [0.15, 0.2) is 11.5 Å². The van der Waals surface area contributed by atoms with Crippen molar-refractivity contribution in [2.45, 2.75) is 5.51 Å². The molecule has 0 radical (unpaired) electrons. The van der Waals surface area contributed by atoms with Crippen molar-refractivity contribution in [3.05, 3.63) is 36.5 Å². The van der Waals surface area contributed by atoms with E-state index in [1.54, 1.807) is 36.0 Å². The number of methoxy groups -OCH3 is 1. The van der Waals surface area contributed by atoms with Gasteiger partial charge < -0.3 is 13.5 Å². The van der Waals surface area contributed by atoms with Crippen LogP contribution in [0.25, 0.3) is 11.3 Å². The summed E-state index contributed by atoms with van der Waals surface area (Å²) in [5, 5.41) is 0. The van der Waals surface area contributed by atoms with Gasteiger partial charge in [0.1, 0.15) is 0 Å². The Hall–Kier alpha value is -2.16.